The Kier molecular flexibility index (Phi) is 8.56. The molecule has 0 heterocycles. The van der Waals surface area contributed by atoms with Crippen molar-refractivity contribution in [2.45, 2.75) is 44.6 Å². The van der Waals surface area contributed by atoms with Crippen LogP contribution in [-0.4, -0.2) is 30.3 Å². The fourth-order valence-electron chi connectivity index (χ4n) is 1.92. The molecule has 0 saturated carbocycles. The van der Waals surface area contributed by atoms with Gasteiger partial charge in [0.1, 0.15) is 0 Å². The van der Waals surface area contributed by atoms with Gasteiger partial charge in [0, 0.05) is 15.4 Å². The maximum absolute atomic E-state index is 11.7. The van der Waals surface area contributed by atoms with Gasteiger partial charge in [-0.25, -0.2) is 0 Å². The number of ether oxygens (including phenoxy) is 1. The SMILES string of the molecule is CCC[C@@H](C)NC(=O)COC(=O)CSc1ccc(Br)cc1C. The summed E-state index contributed by atoms with van der Waals surface area (Å²) in [5, 5.41) is 2.80. The van der Waals surface area contributed by atoms with Crippen LogP contribution in [0.3, 0.4) is 0 Å². The van der Waals surface area contributed by atoms with Crippen molar-refractivity contribution < 1.29 is 14.3 Å². The standard InChI is InChI=1S/C16H22BrNO3S/c1-4-5-12(3)18-15(19)9-21-16(20)10-22-14-7-6-13(17)8-11(14)2/h6-8,12H,4-5,9-10H2,1-3H3,(H,18,19)/t12-/m1/s1. The third kappa shape index (κ3) is 7.31. The van der Waals surface area contributed by atoms with Gasteiger partial charge in [-0.1, -0.05) is 29.3 Å². The minimum absolute atomic E-state index is 0.107. The highest BCUT2D eigenvalue weighted by molar-refractivity contribution is 9.10. The Morgan fingerprint density at radius 3 is 2.77 bits per heavy atom. The molecule has 6 heteroatoms. The fraction of sp³-hybridized carbons (Fsp3) is 0.500. The molecule has 1 N–H and O–H groups in total. The van der Waals surface area contributed by atoms with Crippen molar-refractivity contribution in [3.8, 4) is 0 Å². The molecule has 0 unspecified atom stereocenters. The summed E-state index contributed by atoms with van der Waals surface area (Å²) in [6.07, 6.45) is 1.92. The smallest absolute Gasteiger partial charge is 0.316 e. The summed E-state index contributed by atoms with van der Waals surface area (Å²) >= 11 is 4.81. The Morgan fingerprint density at radius 2 is 2.14 bits per heavy atom. The second-order valence-electron chi connectivity index (χ2n) is 5.12. The number of esters is 1. The average Bonchev–Trinajstić information content (AvgIpc) is 2.44. The highest BCUT2D eigenvalue weighted by atomic mass is 79.9. The lowest BCUT2D eigenvalue weighted by Crippen LogP contribution is -2.35. The first-order valence-corrected chi connectivity index (χ1v) is 9.04. The minimum Gasteiger partial charge on any atom is -0.455 e. The molecule has 0 saturated heterocycles. The van der Waals surface area contributed by atoms with Gasteiger partial charge in [0.05, 0.1) is 5.75 Å². The van der Waals surface area contributed by atoms with Crippen molar-refractivity contribution in [2.75, 3.05) is 12.4 Å². The Morgan fingerprint density at radius 1 is 1.41 bits per heavy atom. The fourth-order valence-corrected chi connectivity index (χ4v) is 3.20. The van der Waals surface area contributed by atoms with Crippen LogP contribution in [0.5, 0.6) is 0 Å². The van der Waals surface area contributed by atoms with Crippen molar-refractivity contribution in [1.29, 1.82) is 0 Å². The van der Waals surface area contributed by atoms with Gasteiger partial charge in [0.25, 0.3) is 5.91 Å². The first-order chi connectivity index (χ1) is 10.4. The van der Waals surface area contributed by atoms with E-state index in [9.17, 15) is 9.59 Å². The normalized spacial score (nSPS) is 11.8. The molecule has 1 atom stereocenters. The number of rotatable bonds is 8. The van der Waals surface area contributed by atoms with Crippen molar-refractivity contribution in [2.24, 2.45) is 0 Å². The van der Waals surface area contributed by atoms with Gasteiger partial charge in [0.15, 0.2) is 6.61 Å². The van der Waals surface area contributed by atoms with Crippen LogP contribution in [0.2, 0.25) is 0 Å². The summed E-state index contributed by atoms with van der Waals surface area (Å²) in [6, 6.07) is 5.99. The van der Waals surface area contributed by atoms with E-state index in [1.54, 1.807) is 0 Å². The van der Waals surface area contributed by atoms with Gasteiger partial charge in [0.2, 0.25) is 0 Å². The van der Waals surface area contributed by atoms with E-state index in [0.717, 1.165) is 27.8 Å². The molecular weight excluding hydrogens is 366 g/mol. The zero-order chi connectivity index (χ0) is 16.5. The van der Waals surface area contributed by atoms with Crippen LogP contribution in [-0.2, 0) is 14.3 Å². The van der Waals surface area contributed by atoms with Crippen molar-refractivity contribution in [3.05, 3.63) is 28.2 Å². The molecule has 0 aliphatic heterocycles. The number of halogens is 1. The van der Waals surface area contributed by atoms with Crippen LogP contribution in [0.25, 0.3) is 0 Å². The number of carbonyl (C=O) groups excluding carboxylic acids is 2. The lowest BCUT2D eigenvalue weighted by Gasteiger charge is -2.12. The minimum atomic E-state index is -0.384. The van der Waals surface area contributed by atoms with E-state index in [2.05, 4.69) is 28.2 Å². The number of thioether (sulfide) groups is 1. The van der Waals surface area contributed by atoms with Crippen LogP contribution in [0, 0.1) is 6.92 Å². The predicted molar refractivity (Wildman–Crippen MR) is 93.1 cm³/mol. The molecule has 1 aromatic carbocycles. The maximum Gasteiger partial charge on any atom is 0.316 e. The van der Waals surface area contributed by atoms with Gasteiger partial charge < -0.3 is 10.1 Å². The quantitative estimate of drug-likeness (QED) is 0.545. The summed E-state index contributed by atoms with van der Waals surface area (Å²) in [5.41, 5.74) is 1.10. The third-order valence-corrected chi connectivity index (χ3v) is 4.62. The predicted octanol–water partition coefficient (Wildman–Crippen LogP) is 3.70. The second kappa shape index (κ2) is 9.90. The molecule has 0 aromatic heterocycles. The Bertz CT molecular complexity index is 522. The van der Waals surface area contributed by atoms with E-state index in [4.69, 9.17) is 4.74 Å². The molecule has 0 fully saturated rings. The molecule has 22 heavy (non-hydrogen) atoms. The van der Waals surface area contributed by atoms with Gasteiger partial charge in [-0.2, -0.15) is 0 Å². The molecule has 1 aromatic rings. The van der Waals surface area contributed by atoms with E-state index in [0.29, 0.717) is 0 Å². The van der Waals surface area contributed by atoms with Crippen LogP contribution < -0.4 is 5.32 Å². The molecule has 0 aliphatic carbocycles. The number of nitrogens with one attached hydrogen (secondary N) is 1. The first kappa shape index (κ1) is 19.0. The Hall–Kier alpha value is -1.01. The largest absolute Gasteiger partial charge is 0.455 e. The van der Waals surface area contributed by atoms with Crippen LogP contribution in [0.4, 0.5) is 0 Å². The number of hydrogen-bond acceptors (Lipinski definition) is 4. The summed E-state index contributed by atoms with van der Waals surface area (Å²) < 4.78 is 6.00. The van der Waals surface area contributed by atoms with E-state index in [1.807, 2.05) is 32.0 Å². The van der Waals surface area contributed by atoms with Crippen LogP contribution >= 0.6 is 27.7 Å². The van der Waals surface area contributed by atoms with Gasteiger partial charge in [-0.3, -0.25) is 9.59 Å². The summed E-state index contributed by atoms with van der Waals surface area (Å²) in [5.74, 6) is -0.440. The first-order valence-electron chi connectivity index (χ1n) is 7.26. The highest BCUT2D eigenvalue weighted by Gasteiger charge is 2.11. The van der Waals surface area contributed by atoms with E-state index >= 15 is 0 Å². The summed E-state index contributed by atoms with van der Waals surface area (Å²) in [6.45, 7) is 5.77. The lowest BCUT2D eigenvalue weighted by atomic mass is 10.2. The van der Waals surface area contributed by atoms with Crippen molar-refractivity contribution in [3.63, 3.8) is 0 Å². The van der Waals surface area contributed by atoms with Crippen LogP contribution in [0.15, 0.2) is 27.6 Å². The van der Waals surface area contributed by atoms with Gasteiger partial charge in [-0.15, -0.1) is 11.8 Å². The van der Waals surface area contributed by atoms with Crippen LogP contribution in [0.1, 0.15) is 32.3 Å². The summed E-state index contributed by atoms with van der Waals surface area (Å²) in [4.78, 5) is 24.3. The molecule has 0 radical (unpaired) electrons. The van der Waals surface area contributed by atoms with Crippen molar-refractivity contribution in [1.82, 2.24) is 5.32 Å². The number of amides is 1. The lowest BCUT2D eigenvalue weighted by molar-refractivity contribution is -0.146. The highest BCUT2D eigenvalue weighted by Crippen LogP contribution is 2.25. The molecule has 0 aliphatic rings. The van der Waals surface area contributed by atoms with Gasteiger partial charge >= 0.3 is 5.97 Å². The Labute approximate surface area is 144 Å². The molecular formula is C16H22BrNO3S. The van der Waals surface area contributed by atoms with Gasteiger partial charge in [-0.05, 0) is 44.0 Å². The molecule has 122 valence electrons. The van der Waals surface area contributed by atoms with Crippen molar-refractivity contribution >= 4 is 39.6 Å². The monoisotopic (exact) mass is 387 g/mol. The number of carbonyl (C=O) groups is 2. The third-order valence-electron chi connectivity index (χ3n) is 2.98. The maximum atomic E-state index is 11.7. The Balaban J connectivity index is 2.30. The zero-order valence-electron chi connectivity index (χ0n) is 13.1. The molecule has 1 amide bonds. The van der Waals surface area contributed by atoms with E-state index < -0.39 is 0 Å². The van der Waals surface area contributed by atoms with E-state index in [-0.39, 0.29) is 30.3 Å². The molecule has 0 spiro atoms. The molecule has 0 bridgehead atoms. The summed E-state index contributed by atoms with van der Waals surface area (Å²) in [7, 11) is 0. The average molecular weight is 388 g/mol. The zero-order valence-corrected chi connectivity index (χ0v) is 15.6. The number of aryl methyl sites for hydroxylation is 1. The number of hydrogen-bond donors (Lipinski definition) is 1. The molecule has 1 rings (SSSR count). The molecule has 4 nitrogen and oxygen atoms in total. The second-order valence-corrected chi connectivity index (χ2v) is 7.05. The van der Waals surface area contributed by atoms with E-state index in [1.165, 1.54) is 11.8 Å². The topological polar surface area (TPSA) is 55.4 Å². The number of benzene rings is 1.